The maximum absolute atomic E-state index is 8.15. The molecule has 0 unspecified atom stereocenters. The summed E-state index contributed by atoms with van der Waals surface area (Å²) in [6, 6.07) is 20.6. The predicted octanol–water partition coefficient (Wildman–Crippen LogP) is 2.42. The first-order valence-electron chi connectivity index (χ1n) is 7.07. The topological polar surface area (TPSA) is 52.5 Å². The van der Waals surface area contributed by atoms with Crippen molar-refractivity contribution in [3.63, 3.8) is 0 Å². The number of hydrogen-bond acceptors (Lipinski definition) is 3. The predicted molar refractivity (Wildman–Crippen MR) is 88.9 cm³/mol. The zero-order valence-electron chi connectivity index (χ0n) is 12.2. The summed E-state index contributed by atoms with van der Waals surface area (Å²) in [4.78, 5) is 0. The molecule has 0 spiro atoms. The van der Waals surface area contributed by atoms with Gasteiger partial charge in [-0.2, -0.15) is 0 Å². The maximum Gasteiger partial charge on any atom is 0.0555 e. The molecule has 0 radical (unpaired) electrons. The van der Waals surface area contributed by atoms with E-state index in [4.69, 9.17) is 10.2 Å². The van der Waals surface area contributed by atoms with Gasteiger partial charge in [0.2, 0.25) is 0 Å². The van der Waals surface area contributed by atoms with E-state index < -0.39 is 0 Å². The maximum atomic E-state index is 8.15. The van der Waals surface area contributed by atoms with Gasteiger partial charge in [-0.15, -0.1) is 0 Å². The molecule has 0 atom stereocenters. The second-order valence-electron chi connectivity index (χ2n) is 4.35. The Morgan fingerprint density at radius 3 is 1.38 bits per heavy atom. The average Bonchev–Trinajstić information content (AvgIpc) is 2.56. The first kappa shape index (κ1) is 17.1. The quantitative estimate of drug-likeness (QED) is 0.564. The van der Waals surface area contributed by atoms with Gasteiger partial charge in [0.15, 0.2) is 0 Å². The van der Waals surface area contributed by atoms with Crippen LogP contribution in [0.25, 0.3) is 12.2 Å². The van der Waals surface area contributed by atoms with Crippen LogP contribution in [0.3, 0.4) is 0 Å². The molecule has 2 aromatic carbocycles. The molecule has 0 bridgehead atoms. The minimum Gasteiger partial charge on any atom is -0.395 e. The molecule has 0 aromatic heterocycles. The van der Waals surface area contributed by atoms with Crippen LogP contribution >= 0.6 is 0 Å². The van der Waals surface area contributed by atoms with Gasteiger partial charge < -0.3 is 15.5 Å². The van der Waals surface area contributed by atoms with Crippen molar-refractivity contribution >= 4 is 12.2 Å². The van der Waals surface area contributed by atoms with Crippen molar-refractivity contribution in [1.29, 1.82) is 0 Å². The van der Waals surface area contributed by atoms with Crippen LogP contribution in [-0.2, 0) is 0 Å². The van der Waals surface area contributed by atoms with E-state index in [2.05, 4.69) is 41.7 Å². The van der Waals surface area contributed by atoms with Crippen LogP contribution in [0.1, 0.15) is 11.1 Å². The Balaban J connectivity index is 0.000000270. The normalized spacial score (nSPS) is 10.2. The molecule has 0 heterocycles. The van der Waals surface area contributed by atoms with Crippen molar-refractivity contribution in [2.24, 2.45) is 0 Å². The SMILES string of the molecule is C(=Cc1ccccc1)c1ccccc1.OCCNCCO. The summed E-state index contributed by atoms with van der Waals surface area (Å²) in [5.74, 6) is 0. The Labute approximate surface area is 126 Å². The number of rotatable bonds is 6. The lowest BCUT2D eigenvalue weighted by atomic mass is 10.1. The van der Waals surface area contributed by atoms with E-state index >= 15 is 0 Å². The monoisotopic (exact) mass is 285 g/mol. The van der Waals surface area contributed by atoms with Gasteiger partial charge in [-0.05, 0) is 11.1 Å². The Bertz CT molecular complexity index is 438. The number of benzene rings is 2. The van der Waals surface area contributed by atoms with Crippen molar-refractivity contribution in [3.8, 4) is 0 Å². The molecule has 0 aliphatic rings. The van der Waals surface area contributed by atoms with Gasteiger partial charge in [0.1, 0.15) is 0 Å². The molecular formula is C18H23NO2. The molecule has 112 valence electrons. The fourth-order valence-electron chi connectivity index (χ4n) is 1.60. The third kappa shape index (κ3) is 8.76. The highest BCUT2D eigenvalue weighted by Gasteiger charge is 1.84. The van der Waals surface area contributed by atoms with Gasteiger partial charge in [-0.25, -0.2) is 0 Å². The zero-order chi connectivity index (χ0) is 15.2. The minimum atomic E-state index is 0.139. The number of nitrogens with one attached hydrogen (secondary N) is 1. The minimum absolute atomic E-state index is 0.139. The molecule has 0 saturated carbocycles. The summed E-state index contributed by atoms with van der Waals surface area (Å²) in [7, 11) is 0. The molecule has 0 aliphatic carbocycles. The second-order valence-corrected chi connectivity index (χ2v) is 4.35. The molecule has 3 heteroatoms. The summed E-state index contributed by atoms with van der Waals surface area (Å²) in [6.07, 6.45) is 4.24. The number of hydrogen-bond donors (Lipinski definition) is 3. The van der Waals surface area contributed by atoms with Crippen molar-refractivity contribution in [3.05, 3.63) is 71.8 Å². The smallest absolute Gasteiger partial charge is 0.0555 e. The van der Waals surface area contributed by atoms with Crippen molar-refractivity contribution in [1.82, 2.24) is 5.32 Å². The molecule has 3 nitrogen and oxygen atoms in total. The van der Waals surface area contributed by atoms with Crippen LogP contribution < -0.4 is 5.32 Å². The Hall–Kier alpha value is -1.94. The molecule has 0 aliphatic heterocycles. The standard InChI is InChI=1S/C14H12.C4H11NO2/c1-3-7-13(8-4-1)11-12-14-9-5-2-6-10-14;6-3-1-5-2-4-7/h1-12H;5-7H,1-4H2. The third-order valence-corrected chi connectivity index (χ3v) is 2.64. The molecule has 0 saturated heterocycles. The average molecular weight is 285 g/mol. The fourth-order valence-corrected chi connectivity index (χ4v) is 1.60. The van der Waals surface area contributed by atoms with Crippen molar-refractivity contribution in [2.75, 3.05) is 26.3 Å². The Morgan fingerprint density at radius 2 is 1.05 bits per heavy atom. The summed E-state index contributed by atoms with van der Waals surface area (Å²) in [6.45, 7) is 1.42. The molecule has 2 rings (SSSR count). The first-order chi connectivity index (χ1) is 10.4. The molecule has 0 fully saturated rings. The van der Waals surface area contributed by atoms with Gasteiger partial charge in [0.25, 0.3) is 0 Å². The molecule has 0 amide bonds. The highest BCUT2D eigenvalue weighted by molar-refractivity contribution is 5.69. The summed E-state index contributed by atoms with van der Waals surface area (Å²) < 4.78 is 0. The molecule has 3 N–H and O–H groups in total. The van der Waals surface area contributed by atoms with Gasteiger partial charge in [0.05, 0.1) is 13.2 Å². The number of aliphatic hydroxyl groups excluding tert-OH is 2. The van der Waals surface area contributed by atoms with Crippen LogP contribution in [-0.4, -0.2) is 36.5 Å². The second kappa shape index (κ2) is 11.9. The summed E-state index contributed by atoms with van der Waals surface area (Å²) in [5.41, 5.74) is 2.47. The van der Waals surface area contributed by atoms with Crippen LogP contribution in [0.15, 0.2) is 60.7 Å². The van der Waals surface area contributed by atoms with E-state index in [0.717, 1.165) is 0 Å². The van der Waals surface area contributed by atoms with E-state index in [1.165, 1.54) is 11.1 Å². The van der Waals surface area contributed by atoms with E-state index in [1.807, 2.05) is 36.4 Å². The Morgan fingerprint density at radius 1 is 0.667 bits per heavy atom. The van der Waals surface area contributed by atoms with Crippen LogP contribution in [0, 0.1) is 0 Å². The highest BCUT2D eigenvalue weighted by Crippen LogP contribution is 2.06. The van der Waals surface area contributed by atoms with Gasteiger partial charge in [0, 0.05) is 13.1 Å². The summed E-state index contributed by atoms with van der Waals surface area (Å²) >= 11 is 0. The number of aliphatic hydroxyl groups is 2. The van der Waals surface area contributed by atoms with E-state index in [0.29, 0.717) is 13.1 Å². The zero-order valence-corrected chi connectivity index (χ0v) is 12.2. The summed E-state index contributed by atoms with van der Waals surface area (Å²) in [5, 5.41) is 19.1. The van der Waals surface area contributed by atoms with Gasteiger partial charge in [-0.1, -0.05) is 72.8 Å². The highest BCUT2D eigenvalue weighted by atomic mass is 16.3. The molecule has 21 heavy (non-hydrogen) atoms. The van der Waals surface area contributed by atoms with E-state index in [-0.39, 0.29) is 13.2 Å². The van der Waals surface area contributed by atoms with E-state index in [9.17, 15) is 0 Å². The van der Waals surface area contributed by atoms with Crippen LogP contribution in [0.4, 0.5) is 0 Å². The van der Waals surface area contributed by atoms with Crippen LogP contribution in [0.5, 0.6) is 0 Å². The van der Waals surface area contributed by atoms with Crippen molar-refractivity contribution < 1.29 is 10.2 Å². The van der Waals surface area contributed by atoms with Gasteiger partial charge in [-0.3, -0.25) is 0 Å². The lowest BCUT2D eigenvalue weighted by Crippen LogP contribution is -2.21. The first-order valence-corrected chi connectivity index (χ1v) is 7.07. The lowest BCUT2D eigenvalue weighted by Gasteiger charge is -1.94. The van der Waals surface area contributed by atoms with E-state index in [1.54, 1.807) is 0 Å². The van der Waals surface area contributed by atoms with Crippen LogP contribution in [0.2, 0.25) is 0 Å². The lowest BCUT2D eigenvalue weighted by molar-refractivity contribution is 0.267. The third-order valence-electron chi connectivity index (χ3n) is 2.64. The largest absolute Gasteiger partial charge is 0.395 e. The Kier molecular flexibility index (Phi) is 9.66. The fraction of sp³-hybridized carbons (Fsp3) is 0.222. The van der Waals surface area contributed by atoms with Gasteiger partial charge >= 0.3 is 0 Å². The van der Waals surface area contributed by atoms with Crippen molar-refractivity contribution in [2.45, 2.75) is 0 Å². The molecule has 2 aromatic rings. The molecular weight excluding hydrogens is 262 g/mol.